The molecule has 7 nitrogen and oxygen atoms in total. The summed E-state index contributed by atoms with van der Waals surface area (Å²) in [6, 6.07) is 1.38. The fourth-order valence-electron chi connectivity index (χ4n) is 2.30. The van der Waals surface area contributed by atoms with Crippen LogP contribution in [0.3, 0.4) is 0 Å². The second kappa shape index (κ2) is 6.07. The smallest absolute Gasteiger partial charge is 0.249 e. The molecule has 21 heavy (non-hydrogen) atoms. The van der Waals surface area contributed by atoms with Gasteiger partial charge in [-0.1, -0.05) is 20.8 Å². The Bertz CT molecular complexity index is 558. The van der Waals surface area contributed by atoms with Crippen molar-refractivity contribution >= 4 is 23.5 Å². The molecule has 0 bridgehead atoms. The normalized spacial score (nSPS) is 18.9. The standard InChI is InChI=1S/C14H21N5O2/c1-5-9-14(21)18-12(20)7-19(9)11-6-10(15-4)16-13(17-11)8(2)3/h6,8-9H,5,7H2,1-4H3,(H,15,16,17)(H,18,20,21). The van der Waals surface area contributed by atoms with Crippen molar-refractivity contribution in [3.63, 3.8) is 0 Å². The minimum absolute atomic E-state index is 0.127. The van der Waals surface area contributed by atoms with E-state index in [0.29, 0.717) is 23.9 Å². The van der Waals surface area contributed by atoms with Gasteiger partial charge < -0.3 is 10.2 Å². The SMILES string of the molecule is CCC1C(=O)NC(=O)CN1c1cc(NC)nc(C(C)C)n1. The van der Waals surface area contributed by atoms with Gasteiger partial charge in [0.2, 0.25) is 11.8 Å². The fraction of sp³-hybridized carbons (Fsp3) is 0.571. The molecular weight excluding hydrogens is 270 g/mol. The van der Waals surface area contributed by atoms with Gasteiger partial charge in [0.1, 0.15) is 23.5 Å². The molecule has 0 radical (unpaired) electrons. The lowest BCUT2D eigenvalue weighted by Crippen LogP contribution is -2.58. The first-order valence-electron chi connectivity index (χ1n) is 7.13. The van der Waals surface area contributed by atoms with Gasteiger partial charge in [-0.3, -0.25) is 14.9 Å². The molecular formula is C14H21N5O2. The highest BCUT2D eigenvalue weighted by atomic mass is 16.2. The van der Waals surface area contributed by atoms with Crippen LogP contribution in [0.1, 0.15) is 38.9 Å². The van der Waals surface area contributed by atoms with E-state index in [1.807, 2.05) is 20.8 Å². The molecule has 0 spiro atoms. The summed E-state index contributed by atoms with van der Waals surface area (Å²) in [6.07, 6.45) is 0.606. The monoisotopic (exact) mass is 291 g/mol. The Hall–Kier alpha value is -2.18. The highest BCUT2D eigenvalue weighted by Crippen LogP contribution is 2.23. The van der Waals surface area contributed by atoms with Crippen LogP contribution in [0.25, 0.3) is 0 Å². The van der Waals surface area contributed by atoms with E-state index in [9.17, 15) is 9.59 Å². The first kappa shape index (κ1) is 15.2. The number of imide groups is 1. The van der Waals surface area contributed by atoms with E-state index in [0.717, 1.165) is 0 Å². The molecule has 0 saturated carbocycles. The fourth-order valence-corrected chi connectivity index (χ4v) is 2.30. The van der Waals surface area contributed by atoms with E-state index >= 15 is 0 Å². The zero-order valence-electron chi connectivity index (χ0n) is 12.8. The summed E-state index contributed by atoms with van der Waals surface area (Å²) in [6.45, 7) is 6.05. The van der Waals surface area contributed by atoms with Crippen LogP contribution in [-0.2, 0) is 9.59 Å². The van der Waals surface area contributed by atoms with Gasteiger partial charge in [-0.15, -0.1) is 0 Å². The third-order valence-electron chi connectivity index (χ3n) is 3.44. The van der Waals surface area contributed by atoms with Crippen LogP contribution in [0.4, 0.5) is 11.6 Å². The second-order valence-electron chi connectivity index (χ2n) is 5.34. The number of nitrogens with one attached hydrogen (secondary N) is 2. The Labute approximate surface area is 124 Å². The quantitative estimate of drug-likeness (QED) is 0.801. The molecule has 0 aromatic carbocycles. The maximum atomic E-state index is 12.0. The minimum atomic E-state index is -0.387. The number of carbonyl (C=O) groups excluding carboxylic acids is 2. The topological polar surface area (TPSA) is 87.2 Å². The maximum Gasteiger partial charge on any atom is 0.249 e. The van der Waals surface area contributed by atoms with Crippen molar-refractivity contribution in [3.8, 4) is 0 Å². The number of anilines is 2. The molecule has 1 aromatic rings. The van der Waals surface area contributed by atoms with E-state index in [1.165, 1.54) is 0 Å². The van der Waals surface area contributed by atoms with Crippen LogP contribution >= 0.6 is 0 Å². The first-order chi connectivity index (χ1) is 9.96. The molecule has 1 aliphatic heterocycles. The van der Waals surface area contributed by atoms with Gasteiger partial charge in [0.15, 0.2) is 0 Å². The van der Waals surface area contributed by atoms with Gasteiger partial charge in [-0.2, -0.15) is 0 Å². The molecule has 1 aliphatic rings. The maximum absolute atomic E-state index is 12.0. The van der Waals surface area contributed by atoms with E-state index in [1.54, 1.807) is 18.0 Å². The van der Waals surface area contributed by atoms with E-state index in [4.69, 9.17) is 0 Å². The zero-order valence-corrected chi connectivity index (χ0v) is 12.8. The molecule has 2 rings (SSSR count). The Morgan fingerprint density at radius 3 is 2.71 bits per heavy atom. The molecule has 1 aromatic heterocycles. The number of carbonyl (C=O) groups is 2. The molecule has 2 amide bonds. The third-order valence-corrected chi connectivity index (χ3v) is 3.44. The van der Waals surface area contributed by atoms with Gasteiger partial charge in [0, 0.05) is 19.0 Å². The van der Waals surface area contributed by atoms with E-state index < -0.39 is 0 Å². The zero-order chi connectivity index (χ0) is 15.6. The van der Waals surface area contributed by atoms with Crippen molar-refractivity contribution in [1.29, 1.82) is 0 Å². The number of hydrogen-bond donors (Lipinski definition) is 2. The van der Waals surface area contributed by atoms with Gasteiger partial charge >= 0.3 is 0 Å². The molecule has 1 atom stereocenters. The average molecular weight is 291 g/mol. The molecule has 2 heterocycles. The van der Waals surface area contributed by atoms with Crippen molar-refractivity contribution in [2.75, 3.05) is 23.8 Å². The first-order valence-corrected chi connectivity index (χ1v) is 7.13. The molecule has 1 unspecified atom stereocenters. The number of piperazine rings is 1. The van der Waals surface area contributed by atoms with Crippen molar-refractivity contribution < 1.29 is 9.59 Å². The molecule has 2 N–H and O–H groups in total. The summed E-state index contributed by atoms with van der Waals surface area (Å²) in [5, 5.41) is 5.36. The number of nitrogens with zero attached hydrogens (tertiary/aromatic N) is 3. The van der Waals surface area contributed by atoms with Crippen LogP contribution in [0.5, 0.6) is 0 Å². The third kappa shape index (κ3) is 3.12. The largest absolute Gasteiger partial charge is 0.373 e. The predicted molar refractivity (Wildman–Crippen MR) is 80.2 cm³/mol. The Morgan fingerprint density at radius 2 is 2.14 bits per heavy atom. The predicted octanol–water partition coefficient (Wildman–Crippen LogP) is 0.883. The number of aromatic nitrogens is 2. The lowest BCUT2D eigenvalue weighted by atomic mass is 10.1. The molecule has 0 aliphatic carbocycles. The lowest BCUT2D eigenvalue weighted by molar-refractivity contribution is -0.132. The van der Waals surface area contributed by atoms with Crippen LogP contribution in [0.2, 0.25) is 0 Å². The van der Waals surface area contributed by atoms with Crippen LogP contribution in [0.15, 0.2) is 6.07 Å². The summed E-state index contributed by atoms with van der Waals surface area (Å²) in [5.41, 5.74) is 0. The van der Waals surface area contributed by atoms with Crippen molar-refractivity contribution in [2.45, 2.75) is 39.2 Å². The van der Waals surface area contributed by atoms with Gasteiger partial charge in [0.25, 0.3) is 0 Å². The van der Waals surface area contributed by atoms with Gasteiger partial charge in [-0.05, 0) is 6.42 Å². The van der Waals surface area contributed by atoms with Crippen molar-refractivity contribution in [3.05, 3.63) is 11.9 Å². The number of amides is 2. The highest BCUT2D eigenvalue weighted by molar-refractivity contribution is 6.04. The Morgan fingerprint density at radius 1 is 1.43 bits per heavy atom. The summed E-state index contributed by atoms with van der Waals surface area (Å²) in [4.78, 5) is 34.3. The number of hydrogen-bond acceptors (Lipinski definition) is 6. The van der Waals surface area contributed by atoms with E-state index in [-0.39, 0.29) is 30.3 Å². The average Bonchev–Trinajstić information content (AvgIpc) is 2.45. The molecule has 1 saturated heterocycles. The Balaban J connectivity index is 2.44. The lowest BCUT2D eigenvalue weighted by Gasteiger charge is -2.34. The second-order valence-corrected chi connectivity index (χ2v) is 5.34. The van der Waals surface area contributed by atoms with Crippen LogP contribution in [-0.4, -0.2) is 41.4 Å². The minimum Gasteiger partial charge on any atom is -0.373 e. The molecule has 1 fully saturated rings. The number of rotatable bonds is 4. The summed E-state index contributed by atoms with van der Waals surface area (Å²) in [7, 11) is 1.78. The molecule has 114 valence electrons. The molecule has 7 heteroatoms. The summed E-state index contributed by atoms with van der Waals surface area (Å²) >= 11 is 0. The van der Waals surface area contributed by atoms with Crippen molar-refractivity contribution in [2.24, 2.45) is 0 Å². The van der Waals surface area contributed by atoms with Gasteiger partial charge in [-0.25, -0.2) is 9.97 Å². The highest BCUT2D eigenvalue weighted by Gasteiger charge is 2.33. The van der Waals surface area contributed by atoms with Crippen LogP contribution < -0.4 is 15.5 Å². The van der Waals surface area contributed by atoms with Gasteiger partial charge in [0.05, 0.1) is 6.54 Å². The van der Waals surface area contributed by atoms with E-state index in [2.05, 4.69) is 20.6 Å². The van der Waals surface area contributed by atoms with Crippen LogP contribution in [0, 0.1) is 0 Å². The summed E-state index contributed by atoms with van der Waals surface area (Å²) < 4.78 is 0. The van der Waals surface area contributed by atoms with Crippen molar-refractivity contribution in [1.82, 2.24) is 15.3 Å². The Kier molecular flexibility index (Phi) is 4.40. The summed E-state index contributed by atoms with van der Waals surface area (Å²) in [5.74, 6) is 1.55.